The number of hydrogen-bond donors (Lipinski definition) is 1. The van der Waals surface area contributed by atoms with Crippen molar-refractivity contribution in [3.05, 3.63) is 6.42 Å². The van der Waals surface area contributed by atoms with E-state index in [1.807, 2.05) is 27.7 Å². The van der Waals surface area contributed by atoms with Gasteiger partial charge in [0, 0.05) is 5.71 Å². The van der Waals surface area contributed by atoms with E-state index in [0.29, 0.717) is 25.7 Å². The molecular formula is C18H37ClFeNO4PPd+2. The molecule has 2 rings (SSSR count). The van der Waals surface area contributed by atoms with Crippen molar-refractivity contribution < 1.29 is 54.0 Å². The molecule has 0 bridgehead atoms. The first-order chi connectivity index (χ1) is 12.7. The second-order valence-corrected chi connectivity index (χ2v) is 6.98. The predicted molar refractivity (Wildman–Crippen MR) is 107 cm³/mol. The number of nitrogens with zero attached hydrogens (tertiary/aromatic N) is 1. The minimum atomic E-state index is -1.06. The number of halogens is 1. The molecule has 2 aliphatic carbocycles. The molecule has 1 unspecified atom stereocenters. The van der Waals surface area contributed by atoms with E-state index in [2.05, 4.69) is 39.3 Å². The first kappa shape index (κ1) is 32.9. The quantitative estimate of drug-likeness (QED) is 0.0930. The Bertz CT molecular complexity index is 289. The monoisotopic (exact) mass is 559 g/mol. The van der Waals surface area contributed by atoms with Crippen LogP contribution in [0.25, 0.3) is 0 Å². The summed E-state index contributed by atoms with van der Waals surface area (Å²) in [5.41, 5.74) is 0.854. The Morgan fingerprint density at radius 3 is 1.67 bits per heavy atom. The summed E-state index contributed by atoms with van der Waals surface area (Å²) in [6.45, 7) is 9.57. The van der Waals surface area contributed by atoms with Gasteiger partial charge in [-0.05, 0) is 27.7 Å². The van der Waals surface area contributed by atoms with E-state index in [1.165, 1.54) is 44.9 Å². The Morgan fingerprint density at radius 2 is 1.41 bits per heavy atom. The maximum atomic E-state index is 8.36. The van der Waals surface area contributed by atoms with Crippen molar-refractivity contribution in [1.82, 2.24) is 0 Å². The Kier molecular flexibility index (Phi) is 33.2. The zero-order chi connectivity index (χ0) is 20.0. The standard InChI is InChI=1S/C7H12NO.C6H15O3P.C5H10.ClH.Fe.Pd/c1-6(8-9)7-4-2-3-5-7;1-4-7-10(8-5-2)9-6-3;1-2-4-5-3-1;;;/h4,7,9H,2-3,5H2,1H3;4-6H2,1-3H3;1-5H2;1H;;/q-1;;;;2*+2/p-1/b8-6+;;;;;. The van der Waals surface area contributed by atoms with Crippen molar-refractivity contribution in [2.24, 2.45) is 11.1 Å². The molecule has 0 radical (unpaired) electrons. The molecule has 2 aliphatic rings. The van der Waals surface area contributed by atoms with Gasteiger partial charge in [0.05, 0.1) is 19.8 Å². The molecule has 0 heterocycles. The van der Waals surface area contributed by atoms with Crippen LogP contribution in [0.3, 0.4) is 0 Å². The summed E-state index contributed by atoms with van der Waals surface area (Å²) < 4.78 is 15.4. The Hall–Kier alpha value is 1.25. The fraction of sp³-hybridized carbons (Fsp3) is 0.889. The molecule has 0 spiro atoms. The van der Waals surface area contributed by atoms with E-state index in [0.717, 1.165) is 12.1 Å². The van der Waals surface area contributed by atoms with Crippen LogP contribution < -0.4 is 0 Å². The molecule has 0 aromatic carbocycles. The van der Waals surface area contributed by atoms with Crippen molar-refractivity contribution in [1.29, 1.82) is 0 Å². The molecule has 0 aromatic heterocycles. The van der Waals surface area contributed by atoms with Crippen LogP contribution in [0.1, 0.15) is 79.1 Å². The van der Waals surface area contributed by atoms with Crippen LogP contribution in [-0.4, -0.2) is 30.7 Å². The van der Waals surface area contributed by atoms with Gasteiger partial charge in [0.1, 0.15) is 0 Å². The fourth-order valence-corrected chi connectivity index (χ4v) is 3.40. The van der Waals surface area contributed by atoms with Gasteiger partial charge in [0.2, 0.25) is 0 Å². The maximum Gasteiger partial charge on any atom is 2.00 e. The normalized spacial score (nSPS) is 18.4. The van der Waals surface area contributed by atoms with Crippen LogP contribution in [0.4, 0.5) is 0 Å². The Balaban J connectivity index is -0.000000311. The summed E-state index contributed by atoms with van der Waals surface area (Å²) in [6.07, 6.45) is 13.3. The van der Waals surface area contributed by atoms with Gasteiger partial charge in [-0.1, -0.05) is 44.9 Å². The van der Waals surface area contributed by atoms with Crippen LogP contribution in [0, 0.1) is 12.3 Å². The average molecular weight is 560 g/mol. The Labute approximate surface area is 193 Å². The molecule has 0 saturated heterocycles. The van der Waals surface area contributed by atoms with Gasteiger partial charge in [-0.15, -0.1) is 11.1 Å². The van der Waals surface area contributed by atoms with Crippen molar-refractivity contribution in [2.45, 2.75) is 79.1 Å². The summed E-state index contributed by atoms with van der Waals surface area (Å²) in [4.78, 5) is 0. The van der Waals surface area contributed by atoms with Crippen molar-refractivity contribution in [3.8, 4) is 0 Å². The fourth-order valence-electron chi connectivity index (χ4n) is 2.54. The molecular weight excluding hydrogens is 523 g/mol. The molecule has 1 N–H and O–H groups in total. The van der Waals surface area contributed by atoms with E-state index in [1.54, 1.807) is 0 Å². The number of oxime groups is 1. The van der Waals surface area contributed by atoms with Crippen LogP contribution in [0.5, 0.6) is 0 Å². The molecule has 9 heteroatoms. The molecule has 1 atom stereocenters. The first-order valence-electron chi connectivity index (χ1n) is 9.52. The SMILES string of the molecule is C/C(=N\O)C1[CH-]CCC1.C1CCCC1.CCOP(OCC)OCC.[Cl][Pd+].[Fe+2]. The van der Waals surface area contributed by atoms with Gasteiger partial charge >= 0.3 is 53.4 Å². The molecule has 5 nitrogen and oxygen atoms in total. The topological polar surface area (TPSA) is 60.3 Å². The van der Waals surface area contributed by atoms with Gasteiger partial charge < -0.3 is 25.2 Å². The van der Waals surface area contributed by atoms with Crippen LogP contribution in [0.2, 0.25) is 0 Å². The number of rotatable bonds is 7. The third-order valence-corrected chi connectivity index (χ3v) is 5.23. The zero-order valence-electron chi connectivity index (χ0n) is 17.0. The summed E-state index contributed by atoms with van der Waals surface area (Å²) in [7, 11) is 3.43. The van der Waals surface area contributed by atoms with E-state index < -0.39 is 8.60 Å². The molecule has 0 aliphatic heterocycles. The first-order valence-corrected chi connectivity index (χ1v) is 12.6. The van der Waals surface area contributed by atoms with Crippen molar-refractivity contribution >= 4 is 23.8 Å². The average Bonchev–Trinajstić information content (AvgIpc) is 3.40. The maximum absolute atomic E-state index is 8.36. The molecule has 27 heavy (non-hydrogen) atoms. The van der Waals surface area contributed by atoms with E-state index in [9.17, 15) is 0 Å². The van der Waals surface area contributed by atoms with E-state index in [-0.39, 0.29) is 17.1 Å². The minimum Gasteiger partial charge on any atom is 2.00 e. The summed E-state index contributed by atoms with van der Waals surface area (Å²) in [6, 6.07) is 0. The largest absolute Gasteiger partial charge is 2.00 e. The van der Waals surface area contributed by atoms with E-state index in [4.69, 9.17) is 18.8 Å². The second kappa shape index (κ2) is 27.3. The summed E-state index contributed by atoms with van der Waals surface area (Å²) >= 11 is 2.22. The second-order valence-electron chi connectivity index (χ2n) is 5.76. The summed E-state index contributed by atoms with van der Waals surface area (Å²) in [5.74, 6) is 0.454. The van der Waals surface area contributed by atoms with Crippen molar-refractivity contribution in [3.63, 3.8) is 0 Å². The van der Waals surface area contributed by atoms with Gasteiger partial charge in [-0.25, -0.2) is 0 Å². The van der Waals surface area contributed by atoms with Crippen LogP contribution >= 0.6 is 18.1 Å². The van der Waals surface area contributed by atoms with Gasteiger partial charge in [-0.3, -0.25) is 0 Å². The molecule has 2 saturated carbocycles. The molecule has 0 aromatic rings. The van der Waals surface area contributed by atoms with Gasteiger partial charge in [0.15, 0.2) is 0 Å². The van der Waals surface area contributed by atoms with Crippen LogP contribution in [-0.2, 0) is 48.8 Å². The van der Waals surface area contributed by atoms with Crippen molar-refractivity contribution in [2.75, 3.05) is 19.8 Å². The smallest absolute Gasteiger partial charge is 2.00 e. The third-order valence-electron chi connectivity index (χ3n) is 3.82. The Morgan fingerprint density at radius 1 is 1.00 bits per heavy atom. The molecule has 2 fully saturated rings. The third kappa shape index (κ3) is 21.8. The molecule has 0 amide bonds. The number of hydrogen-bond acceptors (Lipinski definition) is 5. The zero-order valence-corrected chi connectivity index (χ0v) is 21.4. The molecule has 166 valence electrons. The summed E-state index contributed by atoms with van der Waals surface area (Å²) in [5, 5.41) is 11.5. The van der Waals surface area contributed by atoms with Gasteiger partial charge in [0.25, 0.3) is 0 Å². The minimum absolute atomic E-state index is 0. The van der Waals surface area contributed by atoms with E-state index >= 15 is 0 Å². The van der Waals surface area contributed by atoms with Crippen LogP contribution in [0.15, 0.2) is 5.16 Å². The predicted octanol–water partition coefficient (Wildman–Crippen LogP) is 6.80. The van der Waals surface area contributed by atoms with Gasteiger partial charge in [-0.2, -0.15) is 6.42 Å².